The molecule has 1 aliphatic rings. The van der Waals surface area contributed by atoms with Crippen molar-refractivity contribution in [3.05, 3.63) is 29.8 Å². The van der Waals surface area contributed by atoms with Gasteiger partial charge in [0.25, 0.3) is 0 Å². The number of halogens is 3. The molecular formula is C11H9F3N4O2. The Kier molecular flexibility index (Phi) is 3.03. The fourth-order valence-electron chi connectivity index (χ4n) is 1.52. The first kappa shape index (κ1) is 12.8. The van der Waals surface area contributed by atoms with Crippen LogP contribution < -0.4 is 4.74 Å². The molecule has 1 aliphatic carbocycles. The van der Waals surface area contributed by atoms with Gasteiger partial charge in [-0.05, 0) is 12.8 Å². The number of alkyl halides is 3. The second-order valence-corrected chi connectivity index (χ2v) is 4.33. The highest BCUT2D eigenvalue weighted by atomic mass is 19.4. The average molecular weight is 286 g/mol. The Balaban J connectivity index is 1.65. The van der Waals surface area contributed by atoms with E-state index in [1.807, 2.05) is 0 Å². The van der Waals surface area contributed by atoms with Crippen molar-refractivity contribution in [1.29, 1.82) is 0 Å². The van der Waals surface area contributed by atoms with Gasteiger partial charge in [-0.3, -0.25) is 0 Å². The molecule has 0 bridgehead atoms. The van der Waals surface area contributed by atoms with Crippen molar-refractivity contribution >= 4 is 0 Å². The van der Waals surface area contributed by atoms with Gasteiger partial charge in [0.2, 0.25) is 23.4 Å². The number of hydrogen-bond donors (Lipinski definition) is 0. The minimum atomic E-state index is -4.61. The maximum absolute atomic E-state index is 12.4. The standard InChI is InChI=1S/C11H9F3N4O2/c12-11(13,14)10-15-4-3-8(17-10)19-5-7-16-9(20-18-7)6-1-2-6/h3-4,6H,1-2,5H2. The van der Waals surface area contributed by atoms with Gasteiger partial charge in [-0.25, -0.2) is 4.98 Å². The first-order chi connectivity index (χ1) is 9.52. The summed E-state index contributed by atoms with van der Waals surface area (Å²) in [6.45, 7) is -0.107. The van der Waals surface area contributed by atoms with Gasteiger partial charge in [-0.1, -0.05) is 5.16 Å². The molecule has 0 N–H and O–H groups in total. The molecule has 1 fully saturated rings. The molecule has 0 radical (unpaired) electrons. The molecule has 0 amide bonds. The lowest BCUT2D eigenvalue weighted by molar-refractivity contribution is -0.145. The molecule has 0 atom stereocenters. The molecule has 0 spiro atoms. The van der Waals surface area contributed by atoms with Gasteiger partial charge in [0.1, 0.15) is 0 Å². The van der Waals surface area contributed by atoms with E-state index >= 15 is 0 Å². The van der Waals surface area contributed by atoms with Crippen molar-refractivity contribution in [3.63, 3.8) is 0 Å². The van der Waals surface area contributed by atoms with Gasteiger partial charge in [0.15, 0.2) is 6.61 Å². The summed E-state index contributed by atoms with van der Waals surface area (Å²) in [5.74, 6) is -0.305. The quantitative estimate of drug-likeness (QED) is 0.858. The van der Waals surface area contributed by atoms with Crippen LogP contribution in [-0.2, 0) is 12.8 Å². The molecule has 0 aliphatic heterocycles. The molecule has 20 heavy (non-hydrogen) atoms. The van der Waals surface area contributed by atoms with Crippen LogP contribution in [-0.4, -0.2) is 20.1 Å². The molecule has 2 aromatic rings. The molecule has 2 aromatic heterocycles. The summed E-state index contributed by atoms with van der Waals surface area (Å²) < 4.78 is 47.3. The lowest BCUT2D eigenvalue weighted by Crippen LogP contribution is -2.11. The zero-order valence-corrected chi connectivity index (χ0v) is 10.1. The fraction of sp³-hybridized carbons (Fsp3) is 0.455. The topological polar surface area (TPSA) is 73.9 Å². The molecule has 2 heterocycles. The van der Waals surface area contributed by atoms with E-state index in [1.54, 1.807) is 0 Å². The van der Waals surface area contributed by atoms with Crippen LogP contribution in [0.4, 0.5) is 13.2 Å². The Hall–Kier alpha value is -2.19. The largest absolute Gasteiger partial charge is 0.469 e. The molecule has 1 saturated carbocycles. The number of aromatic nitrogens is 4. The summed E-state index contributed by atoms with van der Waals surface area (Å²) in [6, 6.07) is 1.23. The Morgan fingerprint density at radius 2 is 2.10 bits per heavy atom. The third kappa shape index (κ3) is 2.86. The summed E-state index contributed by atoms with van der Waals surface area (Å²) in [7, 11) is 0. The molecule has 9 heteroatoms. The van der Waals surface area contributed by atoms with Gasteiger partial charge >= 0.3 is 6.18 Å². The number of ether oxygens (including phenoxy) is 1. The molecule has 0 saturated heterocycles. The molecule has 3 rings (SSSR count). The van der Waals surface area contributed by atoms with Crippen molar-refractivity contribution in [2.75, 3.05) is 0 Å². The Morgan fingerprint density at radius 3 is 2.80 bits per heavy atom. The smallest absolute Gasteiger partial charge is 0.451 e. The molecule has 0 unspecified atom stereocenters. The summed E-state index contributed by atoms with van der Waals surface area (Å²) in [5.41, 5.74) is 0. The van der Waals surface area contributed by atoms with Crippen molar-refractivity contribution in [2.24, 2.45) is 0 Å². The van der Waals surface area contributed by atoms with E-state index in [4.69, 9.17) is 9.26 Å². The van der Waals surface area contributed by atoms with Gasteiger partial charge < -0.3 is 9.26 Å². The molecule has 0 aromatic carbocycles. The molecule has 106 valence electrons. The lowest BCUT2D eigenvalue weighted by atomic mass is 10.4. The van der Waals surface area contributed by atoms with Crippen LogP contribution in [0.5, 0.6) is 5.88 Å². The minimum absolute atomic E-state index is 0.107. The van der Waals surface area contributed by atoms with Crippen LogP contribution >= 0.6 is 0 Å². The van der Waals surface area contributed by atoms with Crippen molar-refractivity contribution in [3.8, 4) is 5.88 Å². The summed E-state index contributed by atoms with van der Waals surface area (Å²) in [6.07, 6.45) is -1.59. The minimum Gasteiger partial charge on any atom is -0.469 e. The normalized spacial score (nSPS) is 15.3. The van der Waals surface area contributed by atoms with E-state index < -0.39 is 12.0 Å². The van der Waals surface area contributed by atoms with Crippen molar-refractivity contribution in [2.45, 2.75) is 31.5 Å². The zero-order chi connectivity index (χ0) is 14.2. The fourth-order valence-corrected chi connectivity index (χ4v) is 1.52. The average Bonchev–Trinajstić information content (AvgIpc) is 3.15. The molecular weight excluding hydrogens is 277 g/mol. The van der Waals surface area contributed by atoms with E-state index in [0.717, 1.165) is 19.0 Å². The third-order valence-corrected chi connectivity index (χ3v) is 2.64. The van der Waals surface area contributed by atoms with E-state index in [2.05, 4.69) is 20.1 Å². The monoisotopic (exact) mass is 286 g/mol. The first-order valence-corrected chi connectivity index (χ1v) is 5.88. The van der Waals surface area contributed by atoms with Gasteiger partial charge in [-0.15, -0.1) is 0 Å². The highest BCUT2D eigenvalue weighted by Gasteiger charge is 2.35. The van der Waals surface area contributed by atoms with Crippen LogP contribution in [0, 0.1) is 0 Å². The Bertz CT molecular complexity index is 610. The third-order valence-electron chi connectivity index (χ3n) is 2.64. The predicted molar refractivity (Wildman–Crippen MR) is 57.6 cm³/mol. The van der Waals surface area contributed by atoms with Crippen LogP contribution in [0.2, 0.25) is 0 Å². The van der Waals surface area contributed by atoms with Gasteiger partial charge in [-0.2, -0.15) is 23.1 Å². The SMILES string of the molecule is FC(F)(F)c1nccc(OCc2noc(C3CC3)n2)n1. The second kappa shape index (κ2) is 4.73. The van der Waals surface area contributed by atoms with Crippen LogP contribution in [0.1, 0.15) is 36.3 Å². The summed E-state index contributed by atoms with van der Waals surface area (Å²) in [5, 5.41) is 3.69. The van der Waals surface area contributed by atoms with Crippen molar-refractivity contribution < 1.29 is 22.4 Å². The number of hydrogen-bond acceptors (Lipinski definition) is 6. The Labute approximate surface area is 111 Å². The van der Waals surface area contributed by atoms with Crippen molar-refractivity contribution in [1.82, 2.24) is 20.1 Å². The summed E-state index contributed by atoms with van der Waals surface area (Å²) in [4.78, 5) is 10.5. The van der Waals surface area contributed by atoms with Gasteiger partial charge in [0.05, 0.1) is 0 Å². The highest BCUT2D eigenvalue weighted by molar-refractivity contribution is 5.10. The van der Waals surface area contributed by atoms with E-state index in [1.165, 1.54) is 6.07 Å². The second-order valence-electron chi connectivity index (χ2n) is 4.33. The first-order valence-electron chi connectivity index (χ1n) is 5.88. The maximum atomic E-state index is 12.4. The lowest BCUT2D eigenvalue weighted by Gasteiger charge is -2.06. The highest BCUT2D eigenvalue weighted by Crippen LogP contribution is 2.38. The molecule has 6 nitrogen and oxygen atoms in total. The van der Waals surface area contributed by atoms with E-state index in [-0.39, 0.29) is 18.3 Å². The van der Waals surface area contributed by atoms with Crippen LogP contribution in [0.15, 0.2) is 16.8 Å². The van der Waals surface area contributed by atoms with Crippen LogP contribution in [0.25, 0.3) is 0 Å². The Morgan fingerprint density at radius 1 is 1.30 bits per heavy atom. The van der Waals surface area contributed by atoms with Gasteiger partial charge in [0, 0.05) is 18.2 Å². The van der Waals surface area contributed by atoms with Crippen LogP contribution in [0.3, 0.4) is 0 Å². The number of nitrogens with zero attached hydrogens (tertiary/aromatic N) is 4. The summed E-state index contributed by atoms with van der Waals surface area (Å²) >= 11 is 0. The maximum Gasteiger partial charge on any atom is 0.451 e. The van der Waals surface area contributed by atoms with E-state index in [0.29, 0.717) is 11.8 Å². The predicted octanol–water partition coefficient (Wildman–Crippen LogP) is 2.33. The number of rotatable bonds is 4. The van der Waals surface area contributed by atoms with E-state index in [9.17, 15) is 13.2 Å². The zero-order valence-electron chi connectivity index (χ0n) is 10.1.